The largest absolute Gasteiger partial charge is 0.462 e. The number of amides is 2. The predicted molar refractivity (Wildman–Crippen MR) is 127 cm³/mol. The van der Waals surface area contributed by atoms with Gasteiger partial charge in [-0.25, -0.2) is 4.79 Å². The van der Waals surface area contributed by atoms with Crippen LogP contribution in [-0.2, 0) is 27.2 Å². The minimum Gasteiger partial charge on any atom is -0.462 e. The first-order valence-corrected chi connectivity index (χ1v) is 12.7. The molecule has 0 saturated carbocycles. The quantitative estimate of drug-likeness (QED) is 0.603. The Morgan fingerprint density at radius 2 is 1.81 bits per heavy atom. The Morgan fingerprint density at radius 3 is 2.44 bits per heavy atom. The molecule has 2 aliphatic rings. The highest BCUT2D eigenvalue weighted by Gasteiger charge is 2.32. The van der Waals surface area contributed by atoms with E-state index in [1.54, 1.807) is 6.92 Å². The van der Waals surface area contributed by atoms with Gasteiger partial charge in [-0.2, -0.15) is 0 Å². The van der Waals surface area contributed by atoms with E-state index in [9.17, 15) is 14.4 Å². The van der Waals surface area contributed by atoms with Crippen molar-refractivity contribution in [3.63, 3.8) is 0 Å². The van der Waals surface area contributed by atoms with Gasteiger partial charge in [-0.3, -0.25) is 14.5 Å². The lowest BCUT2D eigenvalue weighted by molar-refractivity contribution is -0.126. The van der Waals surface area contributed by atoms with E-state index in [4.69, 9.17) is 4.74 Å². The maximum atomic E-state index is 13.1. The number of hydrogen-bond acceptors (Lipinski definition) is 6. The number of thiophene rings is 1. The Morgan fingerprint density at radius 1 is 1.12 bits per heavy atom. The molecule has 1 aromatic rings. The fourth-order valence-corrected chi connectivity index (χ4v) is 5.84. The summed E-state index contributed by atoms with van der Waals surface area (Å²) in [5, 5.41) is 6.76. The summed E-state index contributed by atoms with van der Waals surface area (Å²) in [5.74, 6) is 0.190. The van der Waals surface area contributed by atoms with Gasteiger partial charge < -0.3 is 15.4 Å². The van der Waals surface area contributed by atoms with E-state index in [0.717, 1.165) is 50.8 Å². The molecule has 0 radical (unpaired) electrons. The minimum atomic E-state index is -0.343. The number of fused-ring (bicyclic) bond motifs is 1. The molecule has 2 amide bonds. The van der Waals surface area contributed by atoms with E-state index in [1.807, 2.05) is 20.8 Å². The standard InChI is InChI=1S/C24H37N3O4S/c1-6-31-24(30)20-18-8-7-15(4)13-19(18)32-23(20)26-22(29)16(5)27-11-9-17(10-12-27)25-21(28)14(2)3/h14-17H,6-13H2,1-5H3,(H,25,28)(H,26,29). The van der Waals surface area contributed by atoms with E-state index in [0.29, 0.717) is 23.1 Å². The van der Waals surface area contributed by atoms with Gasteiger partial charge in [0.05, 0.1) is 18.2 Å². The van der Waals surface area contributed by atoms with Gasteiger partial charge >= 0.3 is 5.97 Å². The van der Waals surface area contributed by atoms with Gasteiger partial charge in [0.1, 0.15) is 5.00 Å². The van der Waals surface area contributed by atoms with Gasteiger partial charge in [-0.05, 0) is 57.4 Å². The van der Waals surface area contributed by atoms with Crippen LogP contribution in [0.3, 0.4) is 0 Å². The number of carbonyl (C=O) groups excluding carboxylic acids is 3. The lowest BCUT2D eigenvalue weighted by atomic mass is 9.88. The zero-order valence-electron chi connectivity index (χ0n) is 20.0. The molecule has 1 aliphatic heterocycles. The topological polar surface area (TPSA) is 87.7 Å². The number of likely N-dealkylation sites (tertiary alicyclic amines) is 1. The molecule has 2 N–H and O–H groups in total. The minimum absolute atomic E-state index is 0.0223. The molecule has 1 aromatic heterocycles. The Labute approximate surface area is 195 Å². The summed E-state index contributed by atoms with van der Waals surface area (Å²) in [6, 6.07) is -0.150. The van der Waals surface area contributed by atoms with Crippen molar-refractivity contribution < 1.29 is 19.1 Å². The molecule has 1 fully saturated rings. The van der Waals surface area contributed by atoms with Crippen LogP contribution >= 0.6 is 11.3 Å². The summed E-state index contributed by atoms with van der Waals surface area (Å²) in [4.78, 5) is 41.1. The van der Waals surface area contributed by atoms with Crippen LogP contribution in [-0.4, -0.2) is 54.5 Å². The number of anilines is 1. The summed E-state index contributed by atoms with van der Waals surface area (Å²) in [6.45, 7) is 11.5. The van der Waals surface area contributed by atoms with Crippen molar-refractivity contribution in [2.45, 2.75) is 78.8 Å². The fourth-order valence-electron chi connectivity index (χ4n) is 4.44. The average Bonchev–Trinajstić information content (AvgIpc) is 3.10. The number of rotatable bonds is 7. The Bertz CT molecular complexity index is 843. The maximum Gasteiger partial charge on any atom is 0.341 e. The van der Waals surface area contributed by atoms with Crippen LogP contribution in [0.15, 0.2) is 0 Å². The van der Waals surface area contributed by atoms with Gasteiger partial charge in [-0.1, -0.05) is 20.8 Å². The highest BCUT2D eigenvalue weighted by Crippen LogP contribution is 2.40. The van der Waals surface area contributed by atoms with Crippen molar-refractivity contribution in [1.82, 2.24) is 10.2 Å². The summed E-state index contributed by atoms with van der Waals surface area (Å²) in [7, 11) is 0. The molecule has 1 saturated heterocycles. The smallest absolute Gasteiger partial charge is 0.341 e. The number of carbonyl (C=O) groups is 3. The molecule has 0 bridgehead atoms. The second-order valence-electron chi connectivity index (χ2n) is 9.42. The Hall–Kier alpha value is -1.93. The van der Waals surface area contributed by atoms with Crippen molar-refractivity contribution in [3.8, 4) is 0 Å². The molecule has 8 heteroatoms. The van der Waals surface area contributed by atoms with Crippen LogP contribution in [0.2, 0.25) is 0 Å². The number of piperidine rings is 1. The zero-order valence-corrected chi connectivity index (χ0v) is 20.8. The molecular formula is C24H37N3O4S. The first-order valence-electron chi connectivity index (χ1n) is 11.9. The summed E-state index contributed by atoms with van der Waals surface area (Å²) in [6.07, 6.45) is 4.49. The van der Waals surface area contributed by atoms with Crippen molar-refractivity contribution in [2.75, 3.05) is 25.0 Å². The lowest BCUT2D eigenvalue weighted by Gasteiger charge is -2.35. The number of esters is 1. The Balaban J connectivity index is 1.65. The lowest BCUT2D eigenvalue weighted by Crippen LogP contribution is -2.50. The molecule has 32 heavy (non-hydrogen) atoms. The second kappa shape index (κ2) is 10.8. The summed E-state index contributed by atoms with van der Waals surface area (Å²) in [5.41, 5.74) is 1.60. The van der Waals surface area contributed by atoms with Crippen molar-refractivity contribution in [3.05, 3.63) is 16.0 Å². The molecule has 1 aliphatic carbocycles. The molecule has 2 unspecified atom stereocenters. The summed E-state index contributed by atoms with van der Waals surface area (Å²) >= 11 is 1.52. The van der Waals surface area contributed by atoms with Gasteiger partial charge in [0, 0.05) is 29.9 Å². The van der Waals surface area contributed by atoms with E-state index in [1.165, 1.54) is 16.2 Å². The van der Waals surface area contributed by atoms with Crippen LogP contribution in [0.4, 0.5) is 5.00 Å². The van der Waals surface area contributed by atoms with Gasteiger partial charge in [0.15, 0.2) is 0 Å². The second-order valence-corrected chi connectivity index (χ2v) is 10.5. The van der Waals surface area contributed by atoms with E-state index < -0.39 is 0 Å². The first-order chi connectivity index (χ1) is 15.2. The van der Waals surface area contributed by atoms with Crippen LogP contribution in [0.5, 0.6) is 0 Å². The average molecular weight is 464 g/mol. The third-order valence-corrected chi connectivity index (χ3v) is 7.73. The highest BCUT2D eigenvalue weighted by atomic mass is 32.1. The van der Waals surface area contributed by atoms with Crippen LogP contribution in [0.25, 0.3) is 0 Å². The molecular weight excluding hydrogens is 426 g/mol. The predicted octanol–water partition coefficient (Wildman–Crippen LogP) is 3.61. The third-order valence-electron chi connectivity index (χ3n) is 6.56. The van der Waals surface area contributed by atoms with Crippen molar-refractivity contribution in [1.29, 1.82) is 0 Å². The molecule has 178 valence electrons. The van der Waals surface area contributed by atoms with Gasteiger partial charge in [0.25, 0.3) is 0 Å². The molecule has 2 atom stereocenters. The molecule has 7 nitrogen and oxygen atoms in total. The molecule has 2 heterocycles. The van der Waals surface area contributed by atoms with Crippen molar-refractivity contribution >= 4 is 34.1 Å². The summed E-state index contributed by atoms with van der Waals surface area (Å²) < 4.78 is 5.31. The Kier molecular flexibility index (Phi) is 8.33. The maximum absolute atomic E-state index is 13.1. The fraction of sp³-hybridized carbons (Fsp3) is 0.708. The number of nitrogens with one attached hydrogen (secondary N) is 2. The molecule has 3 rings (SSSR count). The van der Waals surface area contributed by atoms with Crippen LogP contribution in [0, 0.1) is 11.8 Å². The van der Waals surface area contributed by atoms with Crippen molar-refractivity contribution in [2.24, 2.45) is 11.8 Å². The van der Waals surface area contributed by atoms with Gasteiger partial charge in [0.2, 0.25) is 11.8 Å². The van der Waals surface area contributed by atoms with Crippen LogP contribution in [0.1, 0.15) is 74.7 Å². The molecule has 0 aromatic carbocycles. The molecule has 0 spiro atoms. The number of ether oxygens (including phenoxy) is 1. The number of nitrogens with zero attached hydrogens (tertiary/aromatic N) is 1. The normalized spacial score (nSPS) is 20.5. The van der Waals surface area contributed by atoms with E-state index >= 15 is 0 Å². The van der Waals surface area contributed by atoms with Gasteiger partial charge in [-0.15, -0.1) is 11.3 Å². The third kappa shape index (κ3) is 5.70. The monoisotopic (exact) mass is 463 g/mol. The van der Waals surface area contributed by atoms with Crippen LogP contribution < -0.4 is 10.6 Å². The first kappa shape index (κ1) is 24.7. The highest BCUT2D eigenvalue weighted by molar-refractivity contribution is 7.17. The van der Waals surface area contributed by atoms with E-state index in [2.05, 4.69) is 22.5 Å². The SMILES string of the molecule is CCOC(=O)c1c(NC(=O)C(C)N2CCC(NC(=O)C(C)C)CC2)sc2c1CCC(C)C2. The number of hydrogen-bond donors (Lipinski definition) is 2. The zero-order chi connectivity index (χ0) is 23.4. The van der Waals surface area contributed by atoms with E-state index in [-0.39, 0.29) is 35.8 Å².